The van der Waals surface area contributed by atoms with Crippen molar-refractivity contribution in [3.63, 3.8) is 0 Å². The van der Waals surface area contributed by atoms with Crippen LogP contribution in [-0.4, -0.2) is 65.1 Å². The number of thiazole rings is 1. The number of nitrogens with two attached hydrogens (primary N) is 1. The van der Waals surface area contributed by atoms with E-state index in [1.165, 1.54) is 24.5 Å². The first-order valence-corrected chi connectivity index (χ1v) is 13.4. The quantitative estimate of drug-likeness (QED) is 0.180. The van der Waals surface area contributed by atoms with Crippen LogP contribution in [-0.2, 0) is 6.18 Å². The molecule has 0 aromatic carbocycles. The first kappa shape index (κ1) is 29.2. The molecule has 214 valence electrons. The number of aromatic nitrogens is 3. The highest BCUT2D eigenvalue weighted by Crippen LogP contribution is 2.41. The van der Waals surface area contributed by atoms with Crippen LogP contribution in [0, 0.1) is 5.92 Å². The van der Waals surface area contributed by atoms with E-state index in [-0.39, 0.29) is 33.8 Å². The zero-order valence-electron chi connectivity index (χ0n) is 21.8. The Kier molecular flexibility index (Phi) is 9.17. The van der Waals surface area contributed by atoms with Gasteiger partial charge in [0.05, 0.1) is 12.2 Å². The second-order valence-corrected chi connectivity index (χ2v) is 10.1. The lowest BCUT2D eigenvalue weighted by atomic mass is 9.98. The van der Waals surface area contributed by atoms with Gasteiger partial charge in [-0.2, -0.15) is 13.2 Å². The molecule has 1 aliphatic heterocycles. The SMILES string of the molecule is CCNC(=O)Nc1cc(-c2nc(C(F)(F)F)cs2)c(-c2cc(C(=O)NN)cnc2OCC2CCN(C)CC2)cn1. The standard InChI is InChI=1S/C25H29F3N8O3S/c1-3-30-24(38)34-20-9-17(23-33-19(13-40-23)25(26,27)28)18(11-31-20)16-8-15(21(37)35-29)10-32-22(16)39-12-14-4-6-36(2)7-5-14/h8-11,13-14H,3-7,12,29H2,1-2H3,(H,35,37)(H2,30,31,34,38). The average Bonchev–Trinajstić information content (AvgIpc) is 3.44. The smallest absolute Gasteiger partial charge is 0.434 e. The van der Waals surface area contributed by atoms with Gasteiger partial charge in [0.2, 0.25) is 5.88 Å². The lowest BCUT2D eigenvalue weighted by Crippen LogP contribution is -2.32. The number of nitrogens with one attached hydrogen (secondary N) is 3. The van der Waals surface area contributed by atoms with Crippen molar-refractivity contribution in [2.45, 2.75) is 25.9 Å². The Labute approximate surface area is 232 Å². The van der Waals surface area contributed by atoms with Crippen LogP contribution in [0.5, 0.6) is 5.88 Å². The van der Waals surface area contributed by atoms with Crippen molar-refractivity contribution in [1.29, 1.82) is 0 Å². The van der Waals surface area contributed by atoms with Crippen LogP contribution in [0.2, 0.25) is 0 Å². The van der Waals surface area contributed by atoms with Gasteiger partial charge in [0.1, 0.15) is 10.8 Å². The average molecular weight is 579 g/mol. The fourth-order valence-corrected chi connectivity index (χ4v) is 5.01. The minimum atomic E-state index is -4.65. The second-order valence-electron chi connectivity index (χ2n) is 9.24. The molecule has 4 rings (SSSR count). The zero-order valence-corrected chi connectivity index (χ0v) is 22.7. The van der Waals surface area contributed by atoms with E-state index in [0.29, 0.717) is 24.3 Å². The van der Waals surface area contributed by atoms with E-state index in [9.17, 15) is 22.8 Å². The highest BCUT2D eigenvalue weighted by atomic mass is 32.1. The zero-order chi connectivity index (χ0) is 28.9. The van der Waals surface area contributed by atoms with Crippen molar-refractivity contribution in [2.24, 2.45) is 11.8 Å². The predicted molar refractivity (Wildman–Crippen MR) is 144 cm³/mol. The molecule has 0 radical (unpaired) electrons. The molecule has 1 aliphatic rings. The number of urea groups is 1. The maximum absolute atomic E-state index is 13.4. The van der Waals surface area contributed by atoms with Gasteiger partial charge in [-0.1, -0.05) is 0 Å². The number of carbonyl (C=O) groups is 2. The van der Waals surface area contributed by atoms with Gasteiger partial charge in [-0.25, -0.2) is 25.6 Å². The highest BCUT2D eigenvalue weighted by Gasteiger charge is 2.34. The largest absolute Gasteiger partial charge is 0.477 e. The van der Waals surface area contributed by atoms with E-state index in [1.54, 1.807) is 6.92 Å². The molecule has 0 atom stereocenters. The van der Waals surface area contributed by atoms with Gasteiger partial charge in [0, 0.05) is 41.0 Å². The fraction of sp³-hybridized carbons (Fsp3) is 0.400. The van der Waals surface area contributed by atoms with Crippen molar-refractivity contribution in [2.75, 3.05) is 38.6 Å². The molecule has 1 fully saturated rings. The van der Waals surface area contributed by atoms with Crippen LogP contribution in [0.25, 0.3) is 21.7 Å². The number of pyridine rings is 2. The maximum Gasteiger partial charge on any atom is 0.434 e. The molecule has 5 N–H and O–H groups in total. The Morgan fingerprint density at radius 3 is 2.55 bits per heavy atom. The molecule has 3 aromatic heterocycles. The molecule has 11 nitrogen and oxygen atoms in total. The Balaban J connectivity index is 1.79. The number of hydrazine groups is 1. The molecule has 0 saturated carbocycles. The van der Waals surface area contributed by atoms with Gasteiger partial charge in [-0.05, 0) is 58.0 Å². The molecule has 0 bridgehead atoms. The molecule has 15 heteroatoms. The van der Waals surface area contributed by atoms with E-state index < -0.39 is 23.8 Å². The Morgan fingerprint density at radius 2 is 1.90 bits per heavy atom. The van der Waals surface area contributed by atoms with Crippen LogP contribution in [0.15, 0.2) is 29.9 Å². The Morgan fingerprint density at radius 1 is 1.15 bits per heavy atom. The van der Waals surface area contributed by atoms with Gasteiger partial charge < -0.3 is 15.0 Å². The maximum atomic E-state index is 13.4. The minimum Gasteiger partial charge on any atom is -0.477 e. The van der Waals surface area contributed by atoms with Crippen LogP contribution in [0.3, 0.4) is 0 Å². The fourth-order valence-electron chi connectivity index (χ4n) is 4.16. The molecule has 40 heavy (non-hydrogen) atoms. The van der Waals surface area contributed by atoms with Crippen LogP contribution >= 0.6 is 11.3 Å². The molecule has 0 unspecified atom stereocenters. The van der Waals surface area contributed by atoms with Gasteiger partial charge in [-0.15, -0.1) is 11.3 Å². The van der Waals surface area contributed by atoms with Crippen molar-refractivity contribution in [3.8, 4) is 27.6 Å². The van der Waals surface area contributed by atoms with Crippen LogP contribution in [0.4, 0.5) is 23.8 Å². The van der Waals surface area contributed by atoms with Gasteiger partial charge in [-0.3, -0.25) is 15.5 Å². The first-order chi connectivity index (χ1) is 19.1. The van der Waals surface area contributed by atoms with Gasteiger partial charge >= 0.3 is 12.2 Å². The summed E-state index contributed by atoms with van der Waals surface area (Å²) in [5.74, 6) is 5.25. The third kappa shape index (κ3) is 7.03. The number of carbonyl (C=O) groups excluding carboxylic acids is 2. The molecule has 3 amide bonds. The van der Waals surface area contributed by atoms with E-state index in [1.807, 2.05) is 5.43 Å². The number of nitrogens with zero attached hydrogens (tertiary/aromatic N) is 4. The third-order valence-corrected chi connectivity index (χ3v) is 7.21. The molecule has 0 aliphatic carbocycles. The van der Waals surface area contributed by atoms with Crippen LogP contribution in [0.1, 0.15) is 35.8 Å². The number of halogens is 3. The predicted octanol–water partition coefficient (Wildman–Crippen LogP) is 3.75. The van der Waals surface area contributed by atoms with Crippen LogP contribution < -0.4 is 26.6 Å². The lowest BCUT2D eigenvalue weighted by molar-refractivity contribution is -0.140. The summed E-state index contributed by atoms with van der Waals surface area (Å²) in [4.78, 5) is 39.1. The number of hydrogen-bond acceptors (Lipinski definition) is 9. The van der Waals surface area contributed by atoms with Gasteiger partial charge in [0.25, 0.3) is 5.91 Å². The monoisotopic (exact) mass is 578 g/mol. The number of nitrogen functional groups attached to an aromatic ring is 1. The molecule has 4 heterocycles. The van der Waals surface area contributed by atoms with Crippen molar-refractivity contribution in [3.05, 3.63) is 41.2 Å². The summed E-state index contributed by atoms with van der Waals surface area (Å²) < 4.78 is 46.3. The van der Waals surface area contributed by atoms with Crippen molar-refractivity contribution in [1.82, 2.24) is 30.6 Å². The van der Waals surface area contributed by atoms with Crippen molar-refractivity contribution < 1.29 is 27.5 Å². The summed E-state index contributed by atoms with van der Waals surface area (Å²) in [7, 11) is 2.06. The summed E-state index contributed by atoms with van der Waals surface area (Å²) in [6.07, 6.45) is -0.0984. The number of piperidine rings is 1. The minimum absolute atomic E-state index is 0.0265. The number of likely N-dealkylation sites (tertiary alicyclic amines) is 1. The number of anilines is 1. The summed E-state index contributed by atoms with van der Waals surface area (Å²) in [6, 6.07) is 2.36. The molecule has 0 spiro atoms. The van der Waals surface area contributed by atoms with Gasteiger partial charge in [0.15, 0.2) is 5.69 Å². The Bertz CT molecular complexity index is 1360. The summed E-state index contributed by atoms with van der Waals surface area (Å²) in [5.41, 5.74) is 1.95. The second kappa shape index (κ2) is 12.6. The number of ether oxygens (including phenoxy) is 1. The molecular formula is C25H29F3N8O3S. The van der Waals surface area contributed by atoms with E-state index in [2.05, 4.69) is 37.5 Å². The van der Waals surface area contributed by atoms with E-state index in [4.69, 9.17) is 10.6 Å². The summed E-state index contributed by atoms with van der Waals surface area (Å²) in [6.45, 7) is 4.33. The molecular weight excluding hydrogens is 549 g/mol. The summed E-state index contributed by atoms with van der Waals surface area (Å²) >= 11 is 0.781. The summed E-state index contributed by atoms with van der Waals surface area (Å²) in [5, 5.41) is 6.06. The molecule has 1 saturated heterocycles. The van der Waals surface area contributed by atoms with E-state index in [0.717, 1.165) is 42.6 Å². The highest BCUT2D eigenvalue weighted by molar-refractivity contribution is 7.13. The number of hydrogen-bond donors (Lipinski definition) is 4. The lowest BCUT2D eigenvalue weighted by Gasteiger charge is -2.28. The van der Waals surface area contributed by atoms with E-state index >= 15 is 0 Å². The number of alkyl halides is 3. The Hall–Kier alpha value is -3.82. The number of rotatable bonds is 8. The number of amides is 3. The molecule has 3 aromatic rings. The first-order valence-electron chi connectivity index (χ1n) is 12.5. The topological polar surface area (TPSA) is 147 Å². The van der Waals surface area contributed by atoms with Crippen molar-refractivity contribution >= 4 is 29.1 Å². The third-order valence-electron chi connectivity index (χ3n) is 6.34. The normalized spacial score (nSPS) is 14.6.